The maximum absolute atomic E-state index is 12.6. The Hall–Kier alpha value is -2.71. The van der Waals surface area contributed by atoms with Crippen LogP contribution in [0.5, 0.6) is 5.75 Å². The zero-order valence-electron chi connectivity index (χ0n) is 17.7. The van der Waals surface area contributed by atoms with Crippen molar-refractivity contribution in [1.82, 2.24) is 0 Å². The van der Waals surface area contributed by atoms with Gasteiger partial charge in [0.15, 0.2) is 0 Å². The van der Waals surface area contributed by atoms with E-state index in [1.807, 2.05) is 0 Å². The first kappa shape index (κ1) is 24.6. The fourth-order valence-electron chi connectivity index (χ4n) is 3.08. The number of amides is 1. The minimum Gasteiger partial charge on any atom is -0.423 e. The molecule has 0 aliphatic heterocycles. The molecule has 0 heterocycles. The minimum absolute atomic E-state index is 0.148. The third-order valence-corrected chi connectivity index (χ3v) is 5.36. The van der Waals surface area contributed by atoms with E-state index in [9.17, 15) is 18.0 Å². The average molecular weight is 448 g/mol. The summed E-state index contributed by atoms with van der Waals surface area (Å²) in [5, 5.41) is 2.78. The minimum atomic E-state index is -4.13. The zero-order valence-corrected chi connectivity index (χ0v) is 18.5. The number of hydrogen-bond donors (Lipinski definition) is 2. The number of unbranched alkanes of at least 4 members (excludes halogenated alkanes) is 5. The van der Waals surface area contributed by atoms with Gasteiger partial charge in [0.25, 0.3) is 10.1 Å². The van der Waals surface area contributed by atoms with Crippen molar-refractivity contribution < 1.29 is 27.3 Å². The van der Waals surface area contributed by atoms with Gasteiger partial charge in [0.2, 0.25) is 5.91 Å². The molecule has 168 valence electrons. The van der Waals surface area contributed by atoms with Gasteiger partial charge in [-0.05, 0) is 36.2 Å². The molecule has 0 aliphatic rings. The number of anilines is 1. The molecule has 2 aromatic carbocycles. The van der Waals surface area contributed by atoms with E-state index >= 15 is 0 Å². The molecule has 0 radical (unpaired) electrons. The van der Waals surface area contributed by atoms with Crippen LogP contribution in [0.25, 0.3) is 0 Å². The highest BCUT2D eigenvalue weighted by Crippen LogP contribution is 2.20. The van der Waals surface area contributed by atoms with Crippen molar-refractivity contribution in [2.45, 2.75) is 57.6 Å². The van der Waals surface area contributed by atoms with Crippen molar-refractivity contribution in [2.75, 3.05) is 5.32 Å². The molecule has 0 saturated heterocycles. The summed E-state index contributed by atoms with van der Waals surface area (Å²) in [5.74, 6) is -1.09. The summed E-state index contributed by atoms with van der Waals surface area (Å²) in [5.41, 5.74) is 0.969. The Labute approximate surface area is 183 Å². The lowest BCUT2D eigenvalue weighted by Crippen LogP contribution is -2.16. The third-order valence-electron chi connectivity index (χ3n) is 4.66. The van der Waals surface area contributed by atoms with Crippen molar-refractivity contribution in [2.24, 2.45) is 0 Å². The highest BCUT2D eigenvalue weighted by molar-refractivity contribution is 7.85. The predicted octanol–water partition coefficient (Wildman–Crippen LogP) is 4.98. The Balaban J connectivity index is 1.93. The second-order valence-electron chi connectivity index (χ2n) is 7.37. The van der Waals surface area contributed by atoms with Crippen molar-refractivity contribution in [1.29, 1.82) is 0 Å². The van der Waals surface area contributed by atoms with E-state index in [2.05, 4.69) is 12.2 Å². The predicted molar refractivity (Wildman–Crippen MR) is 120 cm³/mol. The van der Waals surface area contributed by atoms with E-state index in [4.69, 9.17) is 9.29 Å². The molecule has 0 fully saturated rings. The van der Waals surface area contributed by atoms with Gasteiger partial charge >= 0.3 is 5.97 Å². The van der Waals surface area contributed by atoms with Crippen LogP contribution in [-0.4, -0.2) is 24.8 Å². The molecule has 0 saturated carbocycles. The van der Waals surface area contributed by atoms with Crippen molar-refractivity contribution in [3.05, 3.63) is 59.7 Å². The molecule has 31 heavy (non-hydrogen) atoms. The molecule has 2 aromatic rings. The van der Waals surface area contributed by atoms with Crippen LogP contribution in [0.4, 0.5) is 5.69 Å². The number of carbonyl (C=O) groups is 2. The van der Waals surface area contributed by atoms with E-state index < -0.39 is 21.8 Å². The van der Waals surface area contributed by atoms with Crippen LogP contribution in [0.3, 0.4) is 0 Å². The lowest BCUT2D eigenvalue weighted by atomic mass is 10.1. The molecule has 0 aromatic heterocycles. The number of benzene rings is 2. The molecule has 7 nitrogen and oxygen atoms in total. The lowest BCUT2D eigenvalue weighted by molar-refractivity contribution is -0.116. The van der Waals surface area contributed by atoms with Crippen molar-refractivity contribution in [3.8, 4) is 5.75 Å². The van der Waals surface area contributed by atoms with Crippen molar-refractivity contribution >= 4 is 27.7 Å². The molecule has 2 rings (SSSR count). The van der Waals surface area contributed by atoms with Gasteiger partial charge in [-0.3, -0.25) is 9.35 Å². The Morgan fingerprint density at radius 1 is 0.935 bits per heavy atom. The van der Waals surface area contributed by atoms with Gasteiger partial charge in [0.1, 0.15) is 11.5 Å². The molecule has 0 spiro atoms. The normalized spacial score (nSPS) is 11.2. The summed E-state index contributed by atoms with van der Waals surface area (Å²) in [6.07, 6.45) is 6.90. The first-order valence-corrected chi connectivity index (χ1v) is 12.0. The van der Waals surface area contributed by atoms with Crippen LogP contribution < -0.4 is 10.1 Å². The van der Waals surface area contributed by atoms with Crippen LogP contribution in [-0.2, 0) is 20.7 Å². The van der Waals surface area contributed by atoms with Gasteiger partial charge in [-0.15, -0.1) is 0 Å². The van der Waals surface area contributed by atoms with Crippen LogP contribution >= 0.6 is 0 Å². The Bertz CT molecular complexity index is 970. The lowest BCUT2D eigenvalue weighted by Gasteiger charge is -2.11. The highest BCUT2D eigenvalue weighted by Gasteiger charge is 2.15. The largest absolute Gasteiger partial charge is 0.423 e. The number of para-hydroxylation sites is 1. The molecule has 0 bridgehead atoms. The maximum atomic E-state index is 12.6. The van der Waals surface area contributed by atoms with E-state index in [1.54, 1.807) is 24.3 Å². The van der Waals surface area contributed by atoms with Crippen LogP contribution in [0.2, 0.25) is 0 Å². The van der Waals surface area contributed by atoms with Gasteiger partial charge in [-0.2, -0.15) is 8.42 Å². The Morgan fingerprint density at radius 3 is 2.26 bits per heavy atom. The smallest absolute Gasteiger partial charge is 0.345 e. The van der Waals surface area contributed by atoms with E-state index in [-0.39, 0.29) is 17.2 Å². The molecule has 0 aliphatic carbocycles. The first-order chi connectivity index (χ1) is 14.8. The molecule has 0 atom stereocenters. The van der Waals surface area contributed by atoms with E-state index in [1.165, 1.54) is 43.5 Å². The molecular formula is C23H29NO6S. The Morgan fingerprint density at radius 2 is 1.58 bits per heavy atom. The van der Waals surface area contributed by atoms with Crippen molar-refractivity contribution in [3.63, 3.8) is 0 Å². The quantitative estimate of drug-likeness (QED) is 0.205. The number of hydrogen-bond acceptors (Lipinski definition) is 5. The van der Waals surface area contributed by atoms with Gasteiger partial charge in [-0.1, -0.05) is 63.3 Å². The number of ether oxygens (including phenoxy) is 1. The summed E-state index contributed by atoms with van der Waals surface area (Å²) < 4.78 is 36.1. The SMILES string of the molecule is CCCCCCCCC(=O)Nc1ccccc1C(=O)Oc1ccc(CS(=O)(=O)O)cc1. The van der Waals surface area contributed by atoms with E-state index in [0.717, 1.165) is 19.3 Å². The maximum Gasteiger partial charge on any atom is 0.345 e. The summed E-state index contributed by atoms with van der Waals surface area (Å²) in [7, 11) is -4.13. The average Bonchev–Trinajstić information content (AvgIpc) is 2.71. The zero-order chi connectivity index (χ0) is 22.7. The molecular weight excluding hydrogens is 418 g/mol. The van der Waals surface area contributed by atoms with Crippen LogP contribution in [0, 0.1) is 0 Å². The number of rotatable bonds is 12. The third kappa shape index (κ3) is 9.31. The van der Waals surface area contributed by atoms with E-state index in [0.29, 0.717) is 17.7 Å². The Kier molecular flexibility index (Phi) is 9.68. The summed E-state index contributed by atoms with van der Waals surface area (Å²) in [4.78, 5) is 24.8. The molecule has 2 N–H and O–H groups in total. The second kappa shape index (κ2) is 12.2. The first-order valence-electron chi connectivity index (χ1n) is 10.4. The fourth-order valence-corrected chi connectivity index (χ4v) is 3.69. The second-order valence-corrected chi connectivity index (χ2v) is 8.82. The summed E-state index contributed by atoms with van der Waals surface area (Å²) in [6.45, 7) is 2.16. The van der Waals surface area contributed by atoms with Gasteiger partial charge in [0.05, 0.1) is 11.3 Å². The molecule has 0 unspecified atom stereocenters. The fraction of sp³-hybridized carbons (Fsp3) is 0.391. The standard InChI is InChI=1S/C23H29NO6S/c1-2-3-4-5-6-7-12-22(25)24-21-11-9-8-10-20(21)23(26)30-19-15-13-18(14-16-19)17-31(27,28)29/h8-11,13-16H,2-7,12,17H2,1H3,(H,24,25)(H,27,28,29). The summed E-state index contributed by atoms with van der Waals surface area (Å²) >= 11 is 0. The van der Waals surface area contributed by atoms with Gasteiger partial charge in [-0.25, -0.2) is 4.79 Å². The monoisotopic (exact) mass is 447 g/mol. The van der Waals surface area contributed by atoms with Gasteiger partial charge < -0.3 is 10.1 Å². The number of nitrogens with one attached hydrogen (secondary N) is 1. The van der Waals surface area contributed by atoms with Crippen LogP contribution in [0.1, 0.15) is 67.8 Å². The van der Waals surface area contributed by atoms with Gasteiger partial charge in [0, 0.05) is 6.42 Å². The molecule has 8 heteroatoms. The van der Waals surface area contributed by atoms with Crippen LogP contribution in [0.15, 0.2) is 48.5 Å². The number of carbonyl (C=O) groups excluding carboxylic acids is 2. The topological polar surface area (TPSA) is 110 Å². The highest BCUT2D eigenvalue weighted by atomic mass is 32.2. The molecule has 1 amide bonds. The number of esters is 1. The summed E-state index contributed by atoms with van der Waals surface area (Å²) in [6, 6.07) is 12.4.